The van der Waals surface area contributed by atoms with Gasteiger partial charge in [-0.15, -0.1) is 0 Å². The van der Waals surface area contributed by atoms with Gasteiger partial charge in [0.2, 0.25) is 11.8 Å². The number of hydrogen-bond donors (Lipinski definition) is 1. The van der Waals surface area contributed by atoms with Gasteiger partial charge in [-0.2, -0.15) is 0 Å². The third-order valence-electron chi connectivity index (χ3n) is 7.80. The quantitative estimate of drug-likeness (QED) is 0.788. The van der Waals surface area contributed by atoms with Gasteiger partial charge in [0.15, 0.2) is 0 Å². The van der Waals surface area contributed by atoms with Crippen LogP contribution in [0.15, 0.2) is 24.3 Å². The first kappa shape index (κ1) is 20.4. The molecule has 2 unspecified atom stereocenters. The summed E-state index contributed by atoms with van der Waals surface area (Å²) < 4.78 is 0. The molecule has 29 heavy (non-hydrogen) atoms. The Balaban J connectivity index is 1.50. The van der Waals surface area contributed by atoms with E-state index in [0.717, 1.165) is 19.3 Å². The molecule has 1 N–H and O–H groups in total. The fourth-order valence-electron chi connectivity index (χ4n) is 6.81. The maximum Gasteiger partial charge on any atom is 0.228 e. The van der Waals surface area contributed by atoms with Crippen molar-refractivity contribution in [1.82, 2.24) is 10.2 Å². The van der Waals surface area contributed by atoms with Crippen LogP contribution in [0.1, 0.15) is 63.5 Å². The minimum absolute atomic E-state index is 0.0199. The summed E-state index contributed by atoms with van der Waals surface area (Å²) in [6.07, 6.45) is 6.90. The first-order valence-electron chi connectivity index (χ1n) is 11.3. The van der Waals surface area contributed by atoms with E-state index in [1.165, 1.54) is 30.4 Å². The maximum atomic E-state index is 13.6. The molecule has 158 valence electrons. The Kier molecular flexibility index (Phi) is 5.25. The second-order valence-corrected chi connectivity index (χ2v) is 10.6. The molecule has 4 bridgehead atoms. The molecule has 0 aliphatic heterocycles. The zero-order valence-electron chi connectivity index (χ0n) is 18.5. The molecule has 0 aromatic heterocycles. The molecule has 4 aliphatic carbocycles. The zero-order valence-corrected chi connectivity index (χ0v) is 18.5. The average Bonchev–Trinajstić information content (AvgIpc) is 2.66. The van der Waals surface area contributed by atoms with Gasteiger partial charge in [0.1, 0.15) is 0 Å². The van der Waals surface area contributed by atoms with Crippen LogP contribution in [0, 0.1) is 30.1 Å². The van der Waals surface area contributed by atoms with Gasteiger partial charge in [-0.3, -0.25) is 9.59 Å². The van der Waals surface area contributed by atoms with Crippen molar-refractivity contribution < 1.29 is 9.59 Å². The Morgan fingerprint density at radius 3 is 2.31 bits per heavy atom. The number of carbonyl (C=O) groups is 2. The Bertz CT molecular complexity index is 769. The number of nitrogens with one attached hydrogen (secondary N) is 1. The van der Waals surface area contributed by atoms with Crippen LogP contribution in [0.4, 0.5) is 0 Å². The lowest BCUT2D eigenvalue weighted by molar-refractivity contribution is -0.159. The minimum Gasteiger partial charge on any atom is -0.354 e. The van der Waals surface area contributed by atoms with Crippen LogP contribution in [-0.2, 0) is 15.0 Å². The van der Waals surface area contributed by atoms with E-state index in [1.54, 1.807) is 0 Å². The molecule has 0 spiro atoms. The fourth-order valence-corrected chi connectivity index (χ4v) is 6.81. The van der Waals surface area contributed by atoms with E-state index in [1.807, 2.05) is 25.8 Å². The second-order valence-electron chi connectivity index (χ2n) is 10.6. The SMILES string of the molecule is Cc1ccc(C23CC4CC(CC(C(=O)N(C)CCNC(=O)C(C)C)(C4)C2)C3)cc1. The number of likely N-dealkylation sites (N-methyl/N-ethyl adjacent to an activating group) is 1. The number of carbonyl (C=O) groups excluding carboxylic acids is 2. The lowest BCUT2D eigenvalue weighted by Crippen LogP contribution is -2.59. The minimum atomic E-state index is -0.203. The Hall–Kier alpha value is -1.84. The lowest BCUT2D eigenvalue weighted by atomic mass is 9.42. The van der Waals surface area contributed by atoms with Crippen LogP contribution in [0.2, 0.25) is 0 Å². The molecule has 2 amide bonds. The summed E-state index contributed by atoms with van der Waals surface area (Å²) in [7, 11) is 1.92. The molecular formula is C25H36N2O2. The van der Waals surface area contributed by atoms with Gasteiger partial charge in [0.05, 0.1) is 5.41 Å². The second kappa shape index (κ2) is 7.45. The third-order valence-corrected chi connectivity index (χ3v) is 7.80. The molecule has 2 atom stereocenters. The van der Waals surface area contributed by atoms with Gasteiger partial charge in [-0.1, -0.05) is 43.7 Å². The summed E-state index contributed by atoms with van der Waals surface area (Å²) in [5, 5.41) is 2.95. The first-order valence-corrected chi connectivity index (χ1v) is 11.3. The van der Waals surface area contributed by atoms with E-state index in [4.69, 9.17) is 0 Å². The Morgan fingerprint density at radius 2 is 1.72 bits per heavy atom. The van der Waals surface area contributed by atoms with Crippen molar-refractivity contribution in [3.05, 3.63) is 35.4 Å². The molecule has 1 aromatic rings. The predicted molar refractivity (Wildman–Crippen MR) is 115 cm³/mol. The topological polar surface area (TPSA) is 49.4 Å². The highest BCUT2D eigenvalue weighted by molar-refractivity contribution is 5.83. The lowest BCUT2D eigenvalue weighted by Gasteiger charge is -2.62. The molecule has 4 fully saturated rings. The van der Waals surface area contributed by atoms with E-state index < -0.39 is 0 Å². The van der Waals surface area contributed by atoms with E-state index in [9.17, 15) is 9.59 Å². The first-order chi connectivity index (χ1) is 13.7. The van der Waals surface area contributed by atoms with E-state index in [-0.39, 0.29) is 22.7 Å². The molecule has 4 aliphatic rings. The number of nitrogens with zero attached hydrogens (tertiary/aromatic N) is 1. The van der Waals surface area contributed by atoms with E-state index in [2.05, 4.69) is 36.5 Å². The standard InChI is InChI=1S/C25H36N2O2/c1-17(2)22(28)26-9-10-27(4)23(29)25-14-19-11-20(15-25)13-24(12-19,16-25)21-7-5-18(3)6-8-21/h5-8,17,19-20H,9-16H2,1-4H3,(H,26,28). The van der Waals surface area contributed by atoms with Crippen molar-refractivity contribution >= 4 is 11.8 Å². The monoisotopic (exact) mass is 396 g/mol. The summed E-state index contributed by atoms with van der Waals surface area (Å²) in [5.41, 5.74) is 2.72. The highest BCUT2D eigenvalue weighted by Gasteiger charge is 2.61. The molecule has 4 nitrogen and oxygen atoms in total. The van der Waals surface area contributed by atoms with Gasteiger partial charge >= 0.3 is 0 Å². The number of rotatable bonds is 6. The summed E-state index contributed by atoms with van der Waals surface area (Å²) in [6, 6.07) is 9.08. The van der Waals surface area contributed by atoms with Crippen LogP contribution in [0.5, 0.6) is 0 Å². The predicted octanol–water partition coefficient (Wildman–Crippen LogP) is 4.06. The fraction of sp³-hybridized carbons (Fsp3) is 0.680. The van der Waals surface area contributed by atoms with Gasteiger partial charge in [0, 0.05) is 26.1 Å². The summed E-state index contributed by atoms with van der Waals surface area (Å²) in [6.45, 7) is 7.05. The number of aryl methyl sites for hydroxylation is 1. The van der Waals surface area contributed by atoms with E-state index >= 15 is 0 Å². The number of amides is 2. The third kappa shape index (κ3) is 3.71. The summed E-state index contributed by atoms with van der Waals surface area (Å²) in [4.78, 5) is 27.4. The van der Waals surface area contributed by atoms with Crippen molar-refractivity contribution in [3.8, 4) is 0 Å². The molecule has 0 saturated heterocycles. The molecule has 1 aromatic carbocycles. The molecular weight excluding hydrogens is 360 g/mol. The summed E-state index contributed by atoms with van der Waals surface area (Å²) >= 11 is 0. The van der Waals surface area contributed by atoms with E-state index in [0.29, 0.717) is 30.8 Å². The molecule has 4 heteroatoms. The summed E-state index contributed by atoms with van der Waals surface area (Å²) in [5.74, 6) is 1.69. The largest absolute Gasteiger partial charge is 0.354 e. The maximum absolute atomic E-state index is 13.6. The van der Waals surface area contributed by atoms with Crippen LogP contribution in [-0.4, -0.2) is 36.9 Å². The van der Waals surface area contributed by atoms with Gasteiger partial charge in [-0.05, 0) is 68.3 Å². The zero-order chi connectivity index (χ0) is 20.8. The van der Waals surface area contributed by atoms with Crippen molar-refractivity contribution in [2.45, 2.75) is 64.7 Å². The Morgan fingerprint density at radius 1 is 1.10 bits per heavy atom. The van der Waals surface area contributed by atoms with Crippen molar-refractivity contribution in [1.29, 1.82) is 0 Å². The highest BCUT2D eigenvalue weighted by Crippen LogP contribution is 2.66. The van der Waals surface area contributed by atoms with Crippen LogP contribution >= 0.6 is 0 Å². The Labute approximate surface area is 175 Å². The van der Waals surface area contributed by atoms with Gasteiger partial charge < -0.3 is 10.2 Å². The highest BCUT2D eigenvalue weighted by atomic mass is 16.2. The normalized spacial score (nSPS) is 32.4. The van der Waals surface area contributed by atoms with Crippen LogP contribution in [0.25, 0.3) is 0 Å². The van der Waals surface area contributed by atoms with Crippen LogP contribution in [0.3, 0.4) is 0 Å². The molecule has 0 radical (unpaired) electrons. The number of benzene rings is 1. The smallest absolute Gasteiger partial charge is 0.228 e. The van der Waals surface area contributed by atoms with Crippen molar-refractivity contribution in [3.63, 3.8) is 0 Å². The molecule has 5 rings (SSSR count). The van der Waals surface area contributed by atoms with Crippen molar-refractivity contribution in [2.24, 2.45) is 23.2 Å². The molecule has 0 heterocycles. The molecule has 4 saturated carbocycles. The van der Waals surface area contributed by atoms with Gasteiger partial charge in [0.25, 0.3) is 0 Å². The van der Waals surface area contributed by atoms with Crippen molar-refractivity contribution in [2.75, 3.05) is 20.1 Å². The van der Waals surface area contributed by atoms with Crippen LogP contribution < -0.4 is 5.32 Å². The van der Waals surface area contributed by atoms with Gasteiger partial charge in [-0.25, -0.2) is 0 Å². The average molecular weight is 397 g/mol. The number of hydrogen-bond acceptors (Lipinski definition) is 2.